The third kappa shape index (κ3) is 2.58. The van der Waals surface area contributed by atoms with E-state index in [1.54, 1.807) is 6.92 Å². The van der Waals surface area contributed by atoms with Crippen LogP contribution in [0.25, 0.3) is 0 Å². The monoisotopic (exact) mass is 249 g/mol. The molecule has 1 aromatic carbocycles. The van der Waals surface area contributed by atoms with E-state index in [2.05, 4.69) is 11.4 Å². The first-order chi connectivity index (χ1) is 8.61. The van der Waals surface area contributed by atoms with Gasteiger partial charge >= 0.3 is 6.09 Å². The fraction of sp³-hybridized carbons (Fsp3) is 0.500. The highest BCUT2D eigenvalue weighted by atomic mass is 16.5. The van der Waals surface area contributed by atoms with Crippen molar-refractivity contribution in [3.05, 3.63) is 28.8 Å². The van der Waals surface area contributed by atoms with Crippen LogP contribution in [0.1, 0.15) is 36.1 Å². The number of rotatable bonds is 2. The maximum Gasteiger partial charge on any atom is 0.407 e. The second-order valence-electron chi connectivity index (χ2n) is 4.55. The highest BCUT2D eigenvalue weighted by Gasteiger charge is 2.25. The molecular weight excluding hydrogens is 230 g/mol. The molecule has 98 valence electrons. The van der Waals surface area contributed by atoms with Crippen molar-refractivity contribution in [2.75, 3.05) is 13.2 Å². The molecule has 1 aliphatic rings. The molecule has 0 aromatic heterocycles. The summed E-state index contributed by atoms with van der Waals surface area (Å²) in [7, 11) is 0. The number of alkyl carbamates (subject to hydrolysis) is 1. The highest BCUT2D eigenvalue weighted by molar-refractivity contribution is 5.68. The molecule has 1 aromatic rings. The predicted molar refractivity (Wildman–Crippen MR) is 68.9 cm³/mol. The third-order valence-corrected chi connectivity index (χ3v) is 3.07. The van der Waals surface area contributed by atoms with Crippen molar-refractivity contribution in [3.63, 3.8) is 0 Å². The molecule has 1 N–H and O–H groups in total. The van der Waals surface area contributed by atoms with Gasteiger partial charge in [0.2, 0.25) is 0 Å². The summed E-state index contributed by atoms with van der Waals surface area (Å²) < 4.78 is 10.6. The normalized spacial score (nSPS) is 17.6. The molecule has 0 spiro atoms. The zero-order chi connectivity index (χ0) is 13.1. The van der Waals surface area contributed by atoms with Crippen LogP contribution in [0.3, 0.4) is 0 Å². The van der Waals surface area contributed by atoms with Crippen LogP contribution in [0.5, 0.6) is 5.75 Å². The molecule has 0 fully saturated rings. The Morgan fingerprint density at radius 3 is 3.00 bits per heavy atom. The Morgan fingerprint density at radius 1 is 1.50 bits per heavy atom. The molecule has 0 radical (unpaired) electrons. The van der Waals surface area contributed by atoms with Gasteiger partial charge in [0.15, 0.2) is 0 Å². The Balaban J connectivity index is 2.25. The second-order valence-corrected chi connectivity index (χ2v) is 4.55. The molecule has 0 bridgehead atoms. The number of benzene rings is 1. The first-order valence-electron chi connectivity index (χ1n) is 6.29. The van der Waals surface area contributed by atoms with E-state index in [0.29, 0.717) is 13.2 Å². The molecule has 1 unspecified atom stereocenters. The van der Waals surface area contributed by atoms with Crippen molar-refractivity contribution >= 4 is 6.09 Å². The Bertz CT molecular complexity index is 457. The summed E-state index contributed by atoms with van der Waals surface area (Å²) >= 11 is 0. The molecule has 0 saturated carbocycles. The summed E-state index contributed by atoms with van der Waals surface area (Å²) in [6.45, 7) is 6.88. The second kappa shape index (κ2) is 5.29. The zero-order valence-corrected chi connectivity index (χ0v) is 11.1. The van der Waals surface area contributed by atoms with Crippen molar-refractivity contribution in [1.29, 1.82) is 0 Å². The minimum atomic E-state index is -0.365. The maximum absolute atomic E-state index is 11.5. The van der Waals surface area contributed by atoms with E-state index in [1.165, 1.54) is 5.56 Å². The number of ether oxygens (including phenoxy) is 2. The van der Waals surface area contributed by atoms with E-state index in [0.717, 1.165) is 23.3 Å². The van der Waals surface area contributed by atoms with Crippen LogP contribution in [0.15, 0.2) is 12.1 Å². The summed E-state index contributed by atoms with van der Waals surface area (Å²) in [5.74, 6) is 0.876. The van der Waals surface area contributed by atoms with Gasteiger partial charge in [0, 0.05) is 12.0 Å². The Morgan fingerprint density at radius 2 is 2.28 bits per heavy atom. The first-order valence-corrected chi connectivity index (χ1v) is 6.29. The largest absolute Gasteiger partial charge is 0.493 e. The number of carbonyl (C=O) groups is 1. The zero-order valence-electron chi connectivity index (χ0n) is 11.1. The van der Waals surface area contributed by atoms with Gasteiger partial charge in [-0.25, -0.2) is 4.79 Å². The molecule has 0 saturated heterocycles. The Labute approximate surface area is 107 Å². The smallest absolute Gasteiger partial charge is 0.407 e. The van der Waals surface area contributed by atoms with Crippen molar-refractivity contribution in [1.82, 2.24) is 5.32 Å². The summed E-state index contributed by atoms with van der Waals surface area (Å²) in [4.78, 5) is 11.5. The number of hydrogen-bond donors (Lipinski definition) is 1. The van der Waals surface area contributed by atoms with E-state index in [4.69, 9.17) is 9.47 Å². The fourth-order valence-electron chi connectivity index (χ4n) is 2.40. The van der Waals surface area contributed by atoms with Gasteiger partial charge in [0.05, 0.1) is 19.3 Å². The molecular formula is C14H19NO3. The topological polar surface area (TPSA) is 47.6 Å². The van der Waals surface area contributed by atoms with E-state index in [9.17, 15) is 4.79 Å². The molecule has 1 heterocycles. The molecule has 1 amide bonds. The third-order valence-electron chi connectivity index (χ3n) is 3.07. The van der Waals surface area contributed by atoms with E-state index >= 15 is 0 Å². The Hall–Kier alpha value is -1.71. The van der Waals surface area contributed by atoms with Crippen LogP contribution in [0, 0.1) is 13.8 Å². The van der Waals surface area contributed by atoms with Gasteiger partial charge in [-0.15, -0.1) is 0 Å². The average molecular weight is 249 g/mol. The highest BCUT2D eigenvalue weighted by Crippen LogP contribution is 2.35. The molecule has 2 rings (SSSR count). The van der Waals surface area contributed by atoms with Gasteiger partial charge in [-0.05, 0) is 38.0 Å². The van der Waals surface area contributed by atoms with E-state index in [-0.39, 0.29) is 12.1 Å². The lowest BCUT2D eigenvalue weighted by Gasteiger charge is -2.28. The predicted octanol–water partition coefficient (Wildman–Crippen LogP) is 2.87. The van der Waals surface area contributed by atoms with Gasteiger partial charge in [0.1, 0.15) is 5.75 Å². The lowest BCUT2D eigenvalue weighted by atomic mass is 9.94. The number of hydrogen-bond acceptors (Lipinski definition) is 3. The summed E-state index contributed by atoms with van der Waals surface area (Å²) in [6, 6.07) is 4.10. The maximum atomic E-state index is 11.5. The van der Waals surface area contributed by atoms with Crippen molar-refractivity contribution < 1.29 is 14.3 Å². The van der Waals surface area contributed by atoms with Crippen molar-refractivity contribution in [2.24, 2.45) is 0 Å². The van der Waals surface area contributed by atoms with Gasteiger partial charge in [-0.1, -0.05) is 6.07 Å². The molecule has 18 heavy (non-hydrogen) atoms. The first kappa shape index (κ1) is 12.7. The lowest BCUT2D eigenvalue weighted by Crippen LogP contribution is -2.33. The molecule has 0 aliphatic carbocycles. The lowest BCUT2D eigenvalue weighted by molar-refractivity contribution is 0.143. The average Bonchev–Trinajstić information content (AvgIpc) is 2.28. The molecule has 1 aliphatic heterocycles. The van der Waals surface area contributed by atoms with E-state index in [1.807, 2.05) is 19.9 Å². The van der Waals surface area contributed by atoms with Crippen LogP contribution in [-0.2, 0) is 4.74 Å². The summed E-state index contributed by atoms with van der Waals surface area (Å²) in [6.07, 6.45) is 0.408. The van der Waals surface area contributed by atoms with Gasteiger partial charge in [-0.3, -0.25) is 0 Å². The van der Waals surface area contributed by atoms with Gasteiger partial charge in [0.25, 0.3) is 0 Å². The SMILES string of the molecule is CCOC(=O)NC1CCOc2cc(C)cc(C)c21. The quantitative estimate of drug-likeness (QED) is 0.876. The molecule has 4 heteroatoms. The van der Waals surface area contributed by atoms with Crippen LogP contribution in [0.2, 0.25) is 0 Å². The summed E-state index contributed by atoms with van der Waals surface area (Å²) in [5.41, 5.74) is 3.38. The number of fused-ring (bicyclic) bond motifs is 1. The summed E-state index contributed by atoms with van der Waals surface area (Å²) in [5, 5.41) is 2.90. The van der Waals surface area contributed by atoms with Crippen LogP contribution in [0.4, 0.5) is 4.79 Å². The van der Waals surface area contributed by atoms with Crippen LogP contribution < -0.4 is 10.1 Å². The molecule has 1 atom stereocenters. The Kier molecular flexibility index (Phi) is 3.75. The van der Waals surface area contributed by atoms with Crippen LogP contribution >= 0.6 is 0 Å². The number of amides is 1. The van der Waals surface area contributed by atoms with Gasteiger partial charge in [-0.2, -0.15) is 0 Å². The van der Waals surface area contributed by atoms with Crippen molar-refractivity contribution in [3.8, 4) is 5.75 Å². The molecule has 4 nitrogen and oxygen atoms in total. The van der Waals surface area contributed by atoms with E-state index < -0.39 is 0 Å². The number of aryl methyl sites for hydroxylation is 2. The van der Waals surface area contributed by atoms with Crippen LogP contribution in [-0.4, -0.2) is 19.3 Å². The van der Waals surface area contributed by atoms with Crippen molar-refractivity contribution in [2.45, 2.75) is 33.2 Å². The minimum absolute atomic E-state index is 0.0200. The fourth-order valence-corrected chi connectivity index (χ4v) is 2.40. The number of nitrogens with one attached hydrogen (secondary N) is 1. The number of carbonyl (C=O) groups excluding carboxylic acids is 1. The standard InChI is InChI=1S/C14H19NO3/c1-4-17-14(16)15-11-5-6-18-12-8-9(2)7-10(3)13(11)12/h7-8,11H,4-6H2,1-3H3,(H,15,16). The minimum Gasteiger partial charge on any atom is -0.493 e. The van der Waals surface area contributed by atoms with Gasteiger partial charge < -0.3 is 14.8 Å².